The molecule has 0 fully saturated rings. The summed E-state index contributed by atoms with van der Waals surface area (Å²) in [6, 6.07) is 13.9. The fraction of sp³-hybridized carbons (Fsp3) is 0.0625. The zero-order valence-corrected chi connectivity index (χ0v) is 12.8. The Morgan fingerprint density at radius 1 is 1.10 bits per heavy atom. The van der Waals surface area contributed by atoms with Crippen molar-refractivity contribution in [1.82, 2.24) is 10.2 Å². The molecule has 0 saturated heterocycles. The standard InChI is InChI=1S/C16H12BrFN2O/c1-21-12-6-7-14(17)13(8-12)16-9-15(19-20-16)10-2-4-11(18)5-3-10/h2-9H,1H3,(H,19,20). The van der Waals surface area contributed by atoms with Gasteiger partial charge in [0.2, 0.25) is 0 Å². The first-order chi connectivity index (χ1) is 10.2. The van der Waals surface area contributed by atoms with Gasteiger partial charge in [0.25, 0.3) is 0 Å². The molecule has 5 heteroatoms. The van der Waals surface area contributed by atoms with E-state index in [1.165, 1.54) is 12.1 Å². The Labute approximate surface area is 129 Å². The minimum absolute atomic E-state index is 0.259. The van der Waals surface area contributed by atoms with Crippen molar-refractivity contribution in [3.63, 3.8) is 0 Å². The molecule has 0 atom stereocenters. The first kappa shape index (κ1) is 13.8. The summed E-state index contributed by atoms with van der Waals surface area (Å²) >= 11 is 3.52. The number of hydrogen-bond donors (Lipinski definition) is 1. The number of nitrogens with zero attached hydrogens (tertiary/aromatic N) is 1. The molecule has 3 nitrogen and oxygen atoms in total. The summed E-state index contributed by atoms with van der Waals surface area (Å²) in [6.45, 7) is 0. The maximum Gasteiger partial charge on any atom is 0.123 e. The van der Waals surface area contributed by atoms with Gasteiger partial charge in [0.05, 0.1) is 18.5 Å². The lowest BCUT2D eigenvalue weighted by Crippen LogP contribution is -1.85. The van der Waals surface area contributed by atoms with Gasteiger partial charge in [-0.1, -0.05) is 15.9 Å². The summed E-state index contributed by atoms with van der Waals surface area (Å²) in [5.74, 6) is 0.510. The number of rotatable bonds is 3. The number of nitrogens with one attached hydrogen (secondary N) is 1. The fourth-order valence-electron chi connectivity index (χ4n) is 2.07. The summed E-state index contributed by atoms with van der Waals surface area (Å²) in [6.07, 6.45) is 0. The molecule has 0 aliphatic heterocycles. The van der Waals surface area contributed by atoms with Crippen LogP contribution in [0.4, 0.5) is 4.39 Å². The molecular formula is C16H12BrFN2O. The molecule has 1 aromatic heterocycles. The molecular weight excluding hydrogens is 335 g/mol. The van der Waals surface area contributed by atoms with Gasteiger partial charge >= 0.3 is 0 Å². The Kier molecular flexibility index (Phi) is 3.75. The van der Waals surface area contributed by atoms with Crippen LogP contribution >= 0.6 is 15.9 Å². The molecule has 3 aromatic rings. The molecule has 1 heterocycles. The second-order valence-corrected chi connectivity index (χ2v) is 5.37. The monoisotopic (exact) mass is 346 g/mol. The van der Waals surface area contributed by atoms with E-state index in [4.69, 9.17) is 4.74 Å². The number of ether oxygens (including phenoxy) is 1. The molecule has 0 aliphatic rings. The second-order valence-electron chi connectivity index (χ2n) is 4.52. The second kappa shape index (κ2) is 5.69. The molecule has 0 bridgehead atoms. The highest BCUT2D eigenvalue weighted by molar-refractivity contribution is 9.10. The Balaban J connectivity index is 2.00. The molecule has 0 radical (unpaired) electrons. The molecule has 0 unspecified atom stereocenters. The Morgan fingerprint density at radius 2 is 1.86 bits per heavy atom. The van der Waals surface area contributed by atoms with Crippen LogP contribution in [0, 0.1) is 5.82 Å². The van der Waals surface area contributed by atoms with Gasteiger partial charge in [-0.15, -0.1) is 0 Å². The topological polar surface area (TPSA) is 37.9 Å². The molecule has 2 aromatic carbocycles. The van der Waals surface area contributed by atoms with E-state index in [0.717, 1.165) is 32.7 Å². The third kappa shape index (κ3) is 2.83. The van der Waals surface area contributed by atoms with Crippen molar-refractivity contribution < 1.29 is 9.13 Å². The third-order valence-electron chi connectivity index (χ3n) is 3.18. The van der Waals surface area contributed by atoms with E-state index in [1.54, 1.807) is 19.2 Å². The quantitative estimate of drug-likeness (QED) is 0.749. The lowest BCUT2D eigenvalue weighted by atomic mass is 10.1. The Hall–Kier alpha value is -2.14. The van der Waals surface area contributed by atoms with Gasteiger partial charge < -0.3 is 4.74 Å². The van der Waals surface area contributed by atoms with Gasteiger partial charge in [-0.25, -0.2) is 4.39 Å². The van der Waals surface area contributed by atoms with Crippen molar-refractivity contribution in [3.05, 3.63) is 58.8 Å². The largest absolute Gasteiger partial charge is 0.497 e. The molecule has 0 saturated carbocycles. The van der Waals surface area contributed by atoms with E-state index in [1.807, 2.05) is 24.3 Å². The van der Waals surface area contributed by atoms with E-state index in [0.29, 0.717) is 0 Å². The van der Waals surface area contributed by atoms with E-state index in [2.05, 4.69) is 26.1 Å². The van der Waals surface area contributed by atoms with E-state index < -0.39 is 0 Å². The predicted octanol–water partition coefficient (Wildman–Crippen LogP) is 4.65. The van der Waals surface area contributed by atoms with Crippen molar-refractivity contribution in [2.75, 3.05) is 7.11 Å². The van der Waals surface area contributed by atoms with Crippen LogP contribution in [-0.4, -0.2) is 17.3 Å². The van der Waals surface area contributed by atoms with Gasteiger partial charge in [0.1, 0.15) is 11.6 Å². The van der Waals surface area contributed by atoms with Crippen LogP contribution in [0.2, 0.25) is 0 Å². The van der Waals surface area contributed by atoms with E-state index >= 15 is 0 Å². The summed E-state index contributed by atoms with van der Waals surface area (Å²) in [5, 5.41) is 7.28. The average molecular weight is 347 g/mol. The molecule has 3 rings (SSSR count). The van der Waals surface area contributed by atoms with Crippen molar-refractivity contribution in [1.29, 1.82) is 0 Å². The molecule has 0 amide bonds. The van der Waals surface area contributed by atoms with Crippen LogP contribution < -0.4 is 4.74 Å². The van der Waals surface area contributed by atoms with Crippen LogP contribution in [0.1, 0.15) is 0 Å². The smallest absolute Gasteiger partial charge is 0.123 e. The summed E-state index contributed by atoms with van der Waals surface area (Å²) in [5.41, 5.74) is 3.44. The molecule has 21 heavy (non-hydrogen) atoms. The van der Waals surface area contributed by atoms with Gasteiger partial charge in [0.15, 0.2) is 0 Å². The maximum atomic E-state index is 13.0. The van der Waals surface area contributed by atoms with Crippen LogP contribution in [0.25, 0.3) is 22.5 Å². The highest BCUT2D eigenvalue weighted by Gasteiger charge is 2.10. The first-order valence-corrected chi connectivity index (χ1v) is 7.12. The number of H-pyrrole nitrogens is 1. The lowest BCUT2D eigenvalue weighted by Gasteiger charge is -2.04. The van der Waals surface area contributed by atoms with Crippen molar-refractivity contribution in [3.8, 4) is 28.3 Å². The van der Waals surface area contributed by atoms with Crippen LogP contribution in [0.5, 0.6) is 5.75 Å². The zero-order valence-electron chi connectivity index (χ0n) is 11.2. The molecule has 0 spiro atoms. The highest BCUT2D eigenvalue weighted by Crippen LogP contribution is 2.32. The number of hydrogen-bond acceptors (Lipinski definition) is 2. The molecule has 0 aliphatic carbocycles. The number of benzene rings is 2. The third-order valence-corrected chi connectivity index (χ3v) is 3.87. The molecule has 106 valence electrons. The van der Waals surface area contributed by atoms with Crippen molar-refractivity contribution >= 4 is 15.9 Å². The lowest BCUT2D eigenvalue weighted by molar-refractivity contribution is 0.415. The van der Waals surface area contributed by atoms with Crippen LogP contribution in [0.15, 0.2) is 53.0 Å². The van der Waals surface area contributed by atoms with E-state index in [-0.39, 0.29) is 5.82 Å². The van der Waals surface area contributed by atoms with Crippen molar-refractivity contribution in [2.24, 2.45) is 0 Å². The molecule has 1 N–H and O–H groups in total. The first-order valence-electron chi connectivity index (χ1n) is 6.32. The minimum Gasteiger partial charge on any atom is -0.497 e. The minimum atomic E-state index is -0.259. The van der Waals surface area contributed by atoms with Gasteiger partial charge in [0, 0.05) is 15.6 Å². The van der Waals surface area contributed by atoms with Crippen LogP contribution in [0.3, 0.4) is 0 Å². The SMILES string of the molecule is COc1ccc(Br)c(-c2cc(-c3ccc(F)cc3)n[nH]2)c1. The number of aromatic amines is 1. The van der Waals surface area contributed by atoms with Gasteiger partial charge in [-0.3, -0.25) is 5.10 Å². The highest BCUT2D eigenvalue weighted by atomic mass is 79.9. The Bertz CT molecular complexity index is 768. The predicted molar refractivity (Wildman–Crippen MR) is 83.7 cm³/mol. The van der Waals surface area contributed by atoms with Gasteiger partial charge in [-0.05, 0) is 48.5 Å². The van der Waals surface area contributed by atoms with Gasteiger partial charge in [-0.2, -0.15) is 5.10 Å². The number of halogens is 2. The number of aromatic nitrogens is 2. The fourth-order valence-corrected chi connectivity index (χ4v) is 2.53. The summed E-state index contributed by atoms with van der Waals surface area (Å²) < 4.78 is 19.1. The van der Waals surface area contributed by atoms with Crippen LogP contribution in [-0.2, 0) is 0 Å². The Morgan fingerprint density at radius 3 is 2.57 bits per heavy atom. The number of methoxy groups -OCH3 is 1. The van der Waals surface area contributed by atoms with E-state index in [9.17, 15) is 4.39 Å². The zero-order chi connectivity index (χ0) is 14.8. The summed E-state index contributed by atoms with van der Waals surface area (Å²) in [7, 11) is 1.63. The van der Waals surface area contributed by atoms with Crippen molar-refractivity contribution in [2.45, 2.75) is 0 Å². The summed E-state index contributed by atoms with van der Waals surface area (Å²) in [4.78, 5) is 0. The maximum absolute atomic E-state index is 13.0. The average Bonchev–Trinajstić information content (AvgIpc) is 2.98. The normalized spacial score (nSPS) is 10.6.